The molecule has 4 heterocycles. The lowest BCUT2D eigenvalue weighted by atomic mass is 10.0. The molecule has 2 aliphatic rings. The van der Waals surface area contributed by atoms with Crippen LogP contribution in [0.4, 0.5) is 4.39 Å². The monoisotopic (exact) mass is 515 g/mol. The van der Waals surface area contributed by atoms with Gasteiger partial charge >= 0.3 is 0 Å². The summed E-state index contributed by atoms with van der Waals surface area (Å²) in [5.74, 6) is 0.0207. The van der Waals surface area contributed by atoms with Crippen molar-refractivity contribution in [3.63, 3.8) is 0 Å². The zero-order valence-corrected chi connectivity index (χ0v) is 21.3. The average Bonchev–Trinajstić information content (AvgIpc) is 3.57. The number of nitrogens with zero attached hydrogens (tertiary/aromatic N) is 4. The van der Waals surface area contributed by atoms with E-state index in [-0.39, 0.29) is 6.04 Å². The Bertz CT molecular complexity index is 1460. The summed E-state index contributed by atoms with van der Waals surface area (Å²) in [5, 5.41) is 4.59. The smallest absolute Gasteiger partial charge is 0.281 e. The number of aromatic nitrogens is 3. The van der Waals surface area contributed by atoms with Gasteiger partial charge in [-0.15, -0.1) is 5.10 Å². The third kappa shape index (κ3) is 5.24. The second-order valence-electron chi connectivity index (χ2n) is 9.28. The summed E-state index contributed by atoms with van der Waals surface area (Å²) in [7, 11) is 1.62. The highest BCUT2D eigenvalue weighted by Crippen LogP contribution is 2.36. The van der Waals surface area contributed by atoms with Crippen LogP contribution in [0, 0.1) is 0 Å². The minimum Gasteiger partial charge on any atom is -0.493 e. The number of rotatable bonds is 4. The number of likely N-dealkylation sites (tertiary alicyclic amines) is 1. The lowest BCUT2D eigenvalue weighted by Gasteiger charge is -2.29. The number of hydrogen-bond donors (Lipinski definition) is 1. The van der Waals surface area contributed by atoms with Crippen molar-refractivity contribution in [2.45, 2.75) is 25.3 Å². The van der Waals surface area contributed by atoms with E-state index in [2.05, 4.69) is 42.0 Å². The molecule has 38 heavy (non-hydrogen) atoms. The first-order valence-electron chi connectivity index (χ1n) is 12.6. The number of hydrogen-bond acceptors (Lipinski definition) is 6. The molecule has 1 fully saturated rings. The second-order valence-corrected chi connectivity index (χ2v) is 9.28. The lowest BCUT2D eigenvalue weighted by molar-refractivity contribution is -0.129. The number of imidazole rings is 1. The minimum atomic E-state index is -0.884. The predicted octanol–water partition coefficient (Wildman–Crippen LogP) is 4.43. The van der Waals surface area contributed by atoms with E-state index in [9.17, 15) is 9.18 Å². The Kier molecular flexibility index (Phi) is 7.37. The molecule has 1 amide bonds. The number of carbonyl (C=O) groups excluding carboxylic acids is 1. The van der Waals surface area contributed by atoms with Gasteiger partial charge in [0, 0.05) is 42.7 Å². The van der Waals surface area contributed by atoms with Gasteiger partial charge in [-0.3, -0.25) is 4.79 Å². The Morgan fingerprint density at radius 2 is 1.87 bits per heavy atom. The zero-order chi connectivity index (χ0) is 26.6. The van der Waals surface area contributed by atoms with Crippen molar-refractivity contribution >= 4 is 11.6 Å². The van der Waals surface area contributed by atoms with Crippen LogP contribution in [0.15, 0.2) is 73.1 Å². The Hall–Kier alpha value is -4.24. The van der Waals surface area contributed by atoms with Gasteiger partial charge in [-0.2, -0.15) is 0 Å². The number of ether oxygens (including phenoxy) is 2. The van der Waals surface area contributed by atoms with E-state index in [1.807, 2.05) is 34.8 Å². The molecule has 0 unspecified atom stereocenters. The highest BCUT2D eigenvalue weighted by Gasteiger charge is 2.22. The van der Waals surface area contributed by atoms with E-state index in [4.69, 9.17) is 20.2 Å². The number of benzene rings is 2. The maximum absolute atomic E-state index is 12.4. The topological polar surface area (TPSA) is 95.0 Å². The molecule has 0 atom stereocenters. The molecule has 2 aliphatic heterocycles. The van der Waals surface area contributed by atoms with E-state index >= 15 is 0 Å². The summed E-state index contributed by atoms with van der Waals surface area (Å²) < 4.78 is 25.3. The standard InChI is InChI=1S/C21H17N3O2.C8H13FN2O/c1-25-19-10-9-18-22-20(16-8-7-14-11-12-26-17(14)13-16)21(24(18)23-19)15-5-3-2-4-6-15;1-6(9)8(12)11-4-2-7(10)3-5-11/h2-10,13H,11-12H2,1H3;7H,1-5,10H2. The molecule has 1 saturated heterocycles. The molecule has 0 radical (unpaired) electrons. The summed E-state index contributed by atoms with van der Waals surface area (Å²) >= 11 is 0. The van der Waals surface area contributed by atoms with Crippen LogP contribution < -0.4 is 15.2 Å². The van der Waals surface area contributed by atoms with Gasteiger partial charge in [0.25, 0.3) is 5.91 Å². The molecule has 0 saturated carbocycles. The molecule has 4 aromatic rings. The van der Waals surface area contributed by atoms with Crippen molar-refractivity contribution in [2.75, 3.05) is 26.8 Å². The number of methoxy groups -OCH3 is 1. The molecular formula is C29H30FN5O3. The van der Waals surface area contributed by atoms with Crippen LogP contribution in [0.1, 0.15) is 18.4 Å². The summed E-state index contributed by atoms with van der Waals surface area (Å²) in [5.41, 5.74) is 11.5. The zero-order valence-electron chi connectivity index (χ0n) is 21.3. The van der Waals surface area contributed by atoms with Crippen LogP contribution in [-0.2, 0) is 11.2 Å². The molecule has 196 valence electrons. The van der Waals surface area contributed by atoms with Gasteiger partial charge in [0.2, 0.25) is 5.88 Å². The number of halogens is 1. The number of amides is 1. The quantitative estimate of drug-likeness (QED) is 0.404. The summed E-state index contributed by atoms with van der Waals surface area (Å²) in [4.78, 5) is 17.3. The van der Waals surface area contributed by atoms with E-state index in [0.29, 0.717) is 19.0 Å². The minimum absolute atomic E-state index is 0.155. The molecule has 0 spiro atoms. The van der Waals surface area contributed by atoms with E-state index in [1.165, 1.54) is 10.5 Å². The van der Waals surface area contributed by atoms with Gasteiger partial charge in [-0.25, -0.2) is 13.9 Å². The van der Waals surface area contributed by atoms with Crippen LogP contribution in [0.3, 0.4) is 0 Å². The molecule has 2 aromatic heterocycles. The average molecular weight is 516 g/mol. The Morgan fingerprint density at radius 1 is 1.11 bits per heavy atom. The van der Waals surface area contributed by atoms with Crippen LogP contribution in [-0.4, -0.2) is 58.3 Å². The van der Waals surface area contributed by atoms with Crippen molar-refractivity contribution < 1.29 is 18.7 Å². The highest BCUT2D eigenvalue weighted by molar-refractivity contribution is 5.90. The molecule has 9 heteroatoms. The second kappa shape index (κ2) is 11.0. The highest BCUT2D eigenvalue weighted by atomic mass is 19.1. The number of nitrogens with two attached hydrogens (primary N) is 1. The maximum atomic E-state index is 12.4. The molecule has 0 bridgehead atoms. The molecule has 2 aromatic carbocycles. The number of piperidine rings is 1. The first kappa shape index (κ1) is 25.4. The molecule has 2 N–H and O–H groups in total. The van der Waals surface area contributed by atoms with Crippen molar-refractivity contribution in [1.29, 1.82) is 0 Å². The normalized spacial score (nSPS) is 14.9. The van der Waals surface area contributed by atoms with Gasteiger partial charge in [0.1, 0.15) is 11.4 Å². The van der Waals surface area contributed by atoms with Crippen molar-refractivity contribution in [3.8, 4) is 34.1 Å². The van der Waals surface area contributed by atoms with Crippen LogP contribution in [0.2, 0.25) is 0 Å². The third-order valence-corrected chi connectivity index (χ3v) is 6.74. The predicted molar refractivity (Wildman–Crippen MR) is 144 cm³/mol. The Morgan fingerprint density at radius 3 is 2.58 bits per heavy atom. The van der Waals surface area contributed by atoms with E-state index in [1.54, 1.807) is 7.11 Å². The lowest BCUT2D eigenvalue weighted by Crippen LogP contribution is -2.42. The summed E-state index contributed by atoms with van der Waals surface area (Å²) in [6.45, 7) is 4.79. The SMILES string of the molecule is C=C(F)C(=O)N1CCC(N)CC1.COc1ccc2nc(-c3ccc4c(c3)OCC4)c(-c3ccccc3)n2n1. The fraction of sp³-hybridized carbons (Fsp3) is 0.276. The van der Waals surface area contributed by atoms with Crippen molar-refractivity contribution in [2.24, 2.45) is 5.73 Å². The molecule has 8 nitrogen and oxygen atoms in total. The number of fused-ring (bicyclic) bond motifs is 2. The Labute approximate surface area is 220 Å². The summed E-state index contributed by atoms with van der Waals surface area (Å²) in [6.07, 6.45) is 2.46. The van der Waals surface area contributed by atoms with Crippen LogP contribution >= 0.6 is 0 Å². The fourth-order valence-electron chi connectivity index (χ4n) is 4.67. The maximum Gasteiger partial charge on any atom is 0.281 e. The van der Waals surface area contributed by atoms with E-state index in [0.717, 1.165) is 59.8 Å². The van der Waals surface area contributed by atoms with Gasteiger partial charge < -0.3 is 20.1 Å². The van der Waals surface area contributed by atoms with Gasteiger partial charge in [0.05, 0.1) is 19.4 Å². The summed E-state index contributed by atoms with van der Waals surface area (Å²) in [6, 6.07) is 20.4. The Balaban J connectivity index is 0.000000207. The van der Waals surface area contributed by atoms with Gasteiger partial charge in [0.15, 0.2) is 11.5 Å². The molecule has 6 rings (SSSR count). The molecule has 0 aliphatic carbocycles. The van der Waals surface area contributed by atoms with Crippen molar-refractivity contribution in [3.05, 3.63) is 78.6 Å². The first-order chi connectivity index (χ1) is 18.4. The number of carbonyl (C=O) groups is 1. The van der Waals surface area contributed by atoms with Gasteiger partial charge in [-0.05, 0) is 30.5 Å². The largest absolute Gasteiger partial charge is 0.493 e. The van der Waals surface area contributed by atoms with Crippen LogP contribution in [0.25, 0.3) is 28.2 Å². The third-order valence-electron chi connectivity index (χ3n) is 6.74. The first-order valence-corrected chi connectivity index (χ1v) is 12.6. The fourth-order valence-corrected chi connectivity index (χ4v) is 4.67. The van der Waals surface area contributed by atoms with Gasteiger partial charge in [-0.1, -0.05) is 49.0 Å². The molecular weight excluding hydrogens is 485 g/mol. The van der Waals surface area contributed by atoms with E-state index < -0.39 is 11.7 Å². The van der Waals surface area contributed by atoms with Crippen molar-refractivity contribution in [1.82, 2.24) is 19.5 Å². The van der Waals surface area contributed by atoms with Crippen LogP contribution in [0.5, 0.6) is 11.6 Å².